The second kappa shape index (κ2) is 8.78. The van der Waals surface area contributed by atoms with Crippen molar-refractivity contribution in [3.8, 4) is 5.75 Å². The molecule has 1 amide bonds. The normalized spacial score (nSPS) is 10.2. The van der Waals surface area contributed by atoms with Gasteiger partial charge in [-0.2, -0.15) is 0 Å². The summed E-state index contributed by atoms with van der Waals surface area (Å²) in [6.07, 6.45) is 0.827. The Morgan fingerprint density at radius 2 is 1.83 bits per heavy atom. The zero-order chi connectivity index (χ0) is 16.5. The number of rotatable bonds is 8. The number of anilines is 1. The van der Waals surface area contributed by atoms with Gasteiger partial charge in [0, 0.05) is 19.5 Å². The number of carbonyl (C=O) groups is 1. The van der Waals surface area contributed by atoms with E-state index in [-0.39, 0.29) is 11.7 Å². The van der Waals surface area contributed by atoms with E-state index in [1.54, 1.807) is 25.3 Å². The van der Waals surface area contributed by atoms with E-state index in [0.29, 0.717) is 31.5 Å². The van der Waals surface area contributed by atoms with E-state index in [4.69, 9.17) is 4.74 Å². The molecule has 2 aromatic rings. The second-order valence-corrected chi connectivity index (χ2v) is 5.07. The first-order chi connectivity index (χ1) is 11.2. The molecular formula is C18H21FN2O2. The summed E-state index contributed by atoms with van der Waals surface area (Å²) in [4.78, 5) is 11.8. The van der Waals surface area contributed by atoms with Crippen LogP contribution in [0.4, 0.5) is 10.1 Å². The SMILES string of the molecule is COc1ccccc1NCCC(=O)NCCc1ccccc1F. The van der Waals surface area contributed by atoms with Crippen LogP contribution in [0.5, 0.6) is 5.75 Å². The number of halogens is 1. The lowest BCUT2D eigenvalue weighted by atomic mass is 10.1. The van der Waals surface area contributed by atoms with E-state index in [2.05, 4.69) is 10.6 Å². The Balaban J connectivity index is 1.68. The van der Waals surface area contributed by atoms with Gasteiger partial charge in [0.2, 0.25) is 5.91 Å². The fourth-order valence-corrected chi connectivity index (χ4v) is 2.23. The Bertz CT molecular complexity index is 646. The van der Waals surface area contributed by atoms with Crippen LogP contribution in [0.15, 0.2) is 48.5 Å². The van der Waals surface area contributed by atoms with Crippen LogP contribution < -0.4 is 15.4 Å². The van der Waals surface area contributed by atoms with Crippen molar-refractivity contribution in [2.45, 2.75) is 12.8 Å². The fourth-order valence-electron chi connectivity index (χ4n) is 2.23. The van der Waals surface area contributed by atoms with Gasteiger partial charge < -0.3 is 15.4 Å². The first-order valence-electron chi connectivity index (χ1n) is 7.57. The Kier molecular flexibility index (Phi) is 6.41. The van der Waals surface area contributed by atoms with Gasteiger partial charge in [-0.1, -0.05) is 30.3 Å². The predicted molar refractivity (Wildman–Crippen MR) is 89.2 cm³/mol. The zero-order valence-corrected chi connectivity index (χ0v) is 13.1. The Morgan fingerprint density at radius 1 is 1.09 bits per heavy atom. The molecule has 2 aromatic carbocycles. The summed E-state index contributed by atoms with van der Waals surface area (Å²) in [7, 11) is 1.61. The maximum atomic E-state index is 13.4. The van der Waals surface area contributed by atoms with Crippen LogP contribution >= 0.6 is 0 Å². The van der Waals surface area contributed by atoms with Gasteiger partial charge in [0.15, 0.2) is 0 Å². The fraction of sp³-hybridized carbons (Fsp3) is 0.278. The van der Waals surface area contributed by atoms with Crippen molar-refractivity contribution in [3.05, 3.63) is 59.9 Å². The van der Waals surface area contributed by atoms with Gasteiger partial charge in [0.25, 0.3) is 0 Å². The van der Waals surface area contributed by atoms with Crippen LogP contribution in [0.1, 0.15) is 12.0 Å². The number of hydrogen-bond acceptors (Lipinski definition) is 3. The number of amides is 1. The van der Waals surface area contributed by atoms with Crippen LogP contribution in [0.2, 0.25) is 0 Å². The molecule has 0 unspecified atom stereocenters. The zero-order valence-electron chi connectivity index (χ0n) is 13.1. The van der Waals surface area contributed by atoms with Gasteiger partial charge >= 0.3 is 0 Å². The van der Waals surface area contributed by atoms with Crippen LogP contribution in [0, 0.1) is 5.82 Å². The average Bonchev–Trinajstić information content (AvgIpc) is 2.57. The lowest BCUT2D eigenvalue weighted by Gasteiger charge is -2.11. The second-order valence-electron chi connectivity index (χ2n) is 5.07. The molecule has 23 heavy (non-hydrogen) atoms. The van der Waals surface area contributed by atoms with Gasteiger partial charge in [0.1, 0.15) is 11.6 Å². The molecule has 0 bridgehead atoms. The third kappa shape index (κ3) is 5.29. The minimum absolute atomic E-state index is 0.0660. The average molecular weight is 316 g/mol. The summed E-state index contributed by atoms with van der Waals surface area (Å²) in [5, 5.41) is 5.96. The molecule has 0 radical (unpaired) electrons. The van der Waals surface area contributed by atoms with Crippen molar-refractivity contribution in [2.24, 2.45) is 0 Å². The minimum atomic E-state index is -0.236. The topological polar surface area (TPSA) is 50.4 Å². The summed E-state index contributed by atoms with van der Waals surface area (Å²) in [5.74, 6) is 0.441. The van der Waals surface area contributed by atoms with Gasteiger partial charge in [-0.25, -0.2) is 4.39 Å². The number of benzene rings is 2. The Hall–Kier alpha value is -2.56. The summed E-state index contributed by atoms with van der Waals surface area (Å²) in [6, 6.07) is 14.1. The maximum Gasteiger partial charge on any atom is 0.221 e. The molecule has 0 aliphatic rings. The van der Waals surface area contributed by atoms with Gasteiger partial charge in [-0.15, -0.1) is 0 Å². The number of para-hydroxylation sites is 2. The highest BCUT2D eigenvalue weighted by Crippen LogP contribution is 2.22. The number of nitrogens with one attached hydrogen (secondary N) is 2. The van der Waals surface area contributed by atoms with Crippen LogP contribution in [-0.2, 0) is 11.2 Å². The van der Waals surface area contributed by atoms with Crippen molar-refractivity contribution in [1.29, 1.82) is 0 Å². The standard InChI is InChI=1S/C18H21FN2O2/c1-23-17-9-5-4-8-16(17)20-13-11-18(22)21-12-10-14-6-2-3-7-15(14)19/h2-9,20H,10-13H2,1H3,(H,21,22). The largest absolute Gasteiger partial charge is 0.495 e. The van der Waals surface area contributed by atoms with Crippen LogP contribution in [-0.4, -0.2) is 26.1 Å². The number of methoxy groups -OCH3 is 1. The Morgan fingerprint density at radius 3 is 2.61 bits per heavy atom. The molecular weight excluding hydrogens is 295 g/mol. The maximum absolute atomic E-state index is 13.4. The van der Waals surface area contributed by atoms with E-state index >= 15 is 0 Å². The van der Waals surface area contributed by atoms with E-state index in [9.17, 15) is 9.18 Å². The molecule has 122 valence electrons. The van der Waals surface area contributed by atoms with E-state index in [0.717, 1.165) is 11.4 Å². The molecule has 0 atom stereocenters. The lowest BCUT2D eigenvalue weighted by molar-refractivity contribution is -0.120. The van der Waals surface area contributed by atoms with E-state index in [1.165, 1.54) is 6.07 Å². The van der Waals surface area contributed by atoms with E-state index in [1.807, 2.05) is 24.3 Å². The number of ether oxygens (including phenoxy) is 1. The summed E-state index contributed by atoms with van der Waals surface area (Å²) >= 11 is 0. The highest BCUT2D eigenvalue weighted by molar-refractivity contribution is 5.76. The summed E-state index contributed by atoms with van der Waals surface area (Å²) in [5.41, 5.74) is 1.47. The first kappa shape index (κ1) is 16.8. The van der Waals surface area contributed by atoms with Gasteiger partial charge in [-0.05, 0) is 30.2 Å². The smallest absolute Gasteiger partial charge is 0.221 e. The molecule has 0 fully saturated rings. The molecule has 0 spiro atoms. The van der Waals surface area contributed by atoms with Gasteiger partial charge in [0.05, 0.1) is 12.8 Å². The quantitative estimate of drug-likeness (QED) is 0.787. The predicted octanol–water partition coefficient (Wildman–Crippen LogP) is 3.00. The molecule has 4 nitrogen and oxygen atoms in total. The minimum Gasteiger partial charge on any atom is -0.495 e. The van der Waals surface area contributed by atoms with E-state index < -0.39 is 0 Å². The molecule has 0 aliphatic heterocycles. The van der Waals surface area contributed by atoms with Crippen LogP contribution in [0.3, 0.4) is 0 Å². The number of hydrogen-bond donors (Lipinski definition) is 2. The van der Waals surface area contributed by atoms with Crippen molar-refractivity contribution >= 4 is 11.6 Å². The third-order valence-electron chi connectivity index (χ3n) is 3.45. The monoisotopic (exact) mass is 316 g/mol. The van der Waals surface area contributed by atoms with Crippen molar-refractivity contribution < 1.29 is 13.9 Å². The molecule has 5 heteroatoms. The molecule has 0 heterocycles. The molecule has 2 N–H and O–H groups in total. The molecule has 0 saturated carbocycles. The number of carbonyl (C=O) groups excluding carboxylic acids is 1. The van der Waals surface area contributed by atoms with Crippen LogP contribution in [0.25, 0.3) is 0 Å². The molecule has 2 rings (SSSR count). The highest BCUT2D eigenvalue weighted by atomic mass is 19.1. The van der Waals surface area contributed by atoms with Gasteiger partial charge in [-0.3, -0.25) is 4.79 Å². The summed E-state index contributed by atoms with van der Waals surface area (Å²) in [6.45, 7) is 0.931. The lowest BCUT2D eigenvalue weighted by Crippen LogP contribution is -2.27. The molecule has 0 saturated heterocycles. The summed E-state index contributed by atoms with van der Waals surface area (Å²) < 4.78 is 18.7. The first-order valence-corrected chi connectivity index (χ1v) is 7.57. The molecule has 0 aliphatic carbocycles. The van der Waals surface area contributed by atoms with Crippen molar-refractivity contribution in [1.82, 2.24) is 5.32 Å². The Labute approximate surface area is 135 Å². The molecule has 0 aromatic heterocycles. The highest BCUT2D eigenvalue weighted by Gasteiger charge is 2.05. The third-order valence-corrected chi connectivity index (χ3v) is 3.45. The van der Waals surface area contributed by atoms with Crippen molar-refractivity contribution in [2.75, 3.05) is 25.5 Å². The van der Waals surface area contributed by atoms with Crippen molar-refractivity contribution in [3.63, 3.8) is 0 Å².